The lowest BCUT2D eigenvalue weighted by atomic mass is 10.1. The summed E-state index contributed by atoms with van der Waals surface area (Å²) in [5.74, 6) is 0.909. The van der Waals surface area contributed by atoms with Gasteiger partial charge in [-0.25, -0.2) is 0 Å². The third-order valence-electron chi connectivity index (χ3n) is 3.20. The number of hydrogen-bond acceptors (Lipinski definition) is 4. The lowest BCUT2D eigenvalue weighted by molar-refractivity contribution is -0.384. The molecule has 2 aromatic carbocycles. The zero-order valence-corrected chi connectivity index (χ0v) is 11.6. The molecule has 1 aromatic heterocycles. The minimum Gasteiger partial charge on any atom is -0.489 e. The van der Waals surface area contributed by atoms with Crippen LogP contribution in [-0.4, -0.2) is 4.92 Å². The number of benzene rings is 2. The third kappa shape index (κ3) is 2.98. The summed E-state index contributed by atoms with van der Waals surface area (Å²) in [4.78, 5) is 10.8. The van der Waals surface area contributed by atoms with E-state index in [0.717, 1.165) is 5.56 Å². The van der Waals surface area contributed by atoms with Gasteiger partial charge in [-0.3, -0.25) is 10.1 Å². The lowest BCUT2D eigenvalue weighted by Crippen LogP contribution is -1.97. The van der Waals surface area contributed by atoms with Crippen LogP contribution in [0.15, 0.2) is 71.3 Å². The minimum atomic E-state index is -0.437. The van der Waals surface area contributed by atoms with Crippen LogP contribution < -0.4 is 4.74 Å². The van der Waals surface area contributed by atoms with Crippen LogP contribution in [0.3, 0.4) is 0 Å². The van der Waals surface area contributed by atoms with Crippen molar-refractivity contribution in [2.75, 3.05) is 0 Å². The largest absolute Gasteiger partial charge is 0.489 e. The first kappa shape index (κ1) is 13.9. The molecule has 1 heterocycles. The van der Waals surface area contributed by atoms with Crippen molar-refractivity contribution in [3.63, 3.8) is 0 Å². The van der Waals surface area contributed by atoms with Gasteiger partial charge in [0.1, 0.15) is 18.1 Å². The van der Waals surface area contributed by atoms with E-state index in [2.05, 4.69) is 0 Å². The monoisotopic (exact) mass is 295 g/mol. The lowest BCUT2D eigenvalue weighted by Gasteiger charge is -2.07. The molecule has 0 atom stereocenters. The zero-order chi connectivity index (χ0) is 15.4. The molecule has 0 saturated heterocycles. The first-order valence-corrected chi connectivity index (χ1v) is 6.73. The predicted octanol–water partition coefficient (Wildman–Crippen LogP) is 4.43. The molecule has 0 spiro atoms. The molecule has 0 aliphatic carbocycles. The molecule has 0 bridgehead atoms. The van der Waals surface area contributed by atoms with Crippen LogP contribution in [0.2, 0.25) is 0 Å². The van der Waals surface area contributed by atoms with Crippen molar-refractivity contribution in [3.8, 4) is 17.1 Å². The Hall–Kier alpha value is -3.08. The van der Waals surface area contributed by atoms with E-state index < -0.39 is 4.92 Å². The van der Waals surface area contributed by atoms with Gasteiger partial charge in [-0.2, -0.15) is 0 Å². The second-order valence-electron chi connectivity index (χ2n) is 4.69. The Morgan fingerprint density at radius 2 is 1.86 bits per heavy atom. The Bertz CT molecular complexity index is 767. The molecule has 5 nitrogen and oxygen atoms in total. The van der Waals surface area contributed by atoms with Crippen molar-refractivity contribution in [1.29, 1.82) is 0 Å². The molecule has 0 unspecified atom stereocenters. The summed E-state index contributed by atoms with van der Waals surface area (Å²) in [7, 11) is 0. The van der Waals surface area contributed by atoms with Gasteiger partial charge in [0.05, 0.1) is 22.8 Å². The molecular formula is C17H13NO4. The highest BCUT2D eigenvalue weighted by atomic mass is 16.6. The van der Waals surface area contributed by atoms with Gasteiger partial charge >= 0.3 is 0 Å². The highest BCUT2D eigenvalue weighted by Crippen LogP contribution is 2.33. The summed E-state index contributed by atoms with van der Waals surface area (Å²) >= 11 is 0. The molecular weight excluding hydrogens is 282 g/mol. The van der Waals surface area contributed by atoms with Gasteiger partial charge in [-0.1, -0.05) is 30.3 Å². The fourth-order valence-electron chi connectivity index (χ4n) is 2.13. The molecule has 0 amide bonds. The summed E-state index contributed by atoms with van der Waals surface area (Å²) in [6, 6.07) is 17.8. The maximum absolute atomic E-state index is 11.3. The first-order chi connectivity index (χ1) is 10.7. The number of nitro groups is 1. The number of rotatable bonds is 5. The van der Waals surface area contributed by atoms with Crippen LogP contribution in [0.1, 0.15) is 5.56 Å². The Labute approximate surface area is 126 Å². The third-order valence-corrected chi connectivity index (χ3v) is 3.20. The molecule has 0 radical (unpaired) electrons. The van der Waals surface area contributed by atoms with Crippen LogP contribution in [0.25, 0.3) is 11.3 Å². The van der Waals surface area contributed by atoms with Crippen molar-refractivity contribution < 1.29 is 14.1 Å². The van der Waals surface area contributed by atoms with Crippen LogP contribution in [0.4, 0.5) is 5.69 Å². The quantitative estimate of drug-likeness (QED) is 0.515. The van der Waals surface area contributed by atoms with E-state index in [1.165, 1.54) is 12.3 Å². The van der Waals surface area contributed by atoms with Crippen molar-refractivity contribution in [1.82, 2.24) is 0 Å². The van der Waals surface area contributed by atoms with Gasteiger partial charge in [-0.05, 0) is 29.8 Å². The highest BCUT2D eigenvalue weighted by molar-refractivity contribution is 5.70. The molecule has 5 heteroatoms. The maximum atomic E-state index is 11.3. The molecule has 0 fully saturated rings. The SMILES string of the molecule is O=[N+]([O-])c1cc(OCc2ccccc2)ccc1-c1ccco1. The van der Waals surface area contributed by atoms with E-state index in [-0.39, 0.29) is 5.69 Å². The standard InChI is InChI=1S/C17H13NO4/c19-18(20)16-11-14(22-12-13-5-2-1-3-6-13)8-9-15(16)17-7-4-10-21-17/h1-11H,12H2. The molecule has 0 saturated carbocycles. The van der Waals surface area contributed by atoms with Crippen LogP contribution in [-0.2, 0) is 6.61 Å². The zero-order valence-electron chi connectivity index (χ0n) is 11.6. The van der Waals surface area contributed by atoms with Crippen molar-refractivity contribution in [2.45, 2.75) is 6.61 Å². The average molecular weight is 295 g/mol. The number of furan rings is 1. The van der Waals surface area contributed by atoms with Crippen LogP contribution in [0.5, 0.6) is 5.75 Å². The molecule has 3 aromatic rings. The molecule has 3 rings (SSSR count). The summed E-state index contributed by atoms with van der Waals surface area (Å²) in [6.07, 6.45) is 1.48. The number of ether oxygens (including phenoxy) is 1. The Balaban J connectivity index is 1.85. The predicted molar refractivity (Wildman–Crippen MR) is 81.6 cm³/mol. The smallest absolute Gasteiger partial charge is 0.284 e. The van der Waals surface area contributed by atoms with Crippen molar-refractivity contribution >= 4 is 5.69 Å². The Kier molecular flexibility index (Phi) is 3.87. The molecule has 22 heavy (non-hydrogen) atoms. The van der Waals surface area contributed by atoms with E-state index in [1.54, 1.807) is 24.3 Å². The normalized spacial score (nSPS) is 10.4. The maximum Gasteiger partial charge on any atom is 0.284 e. The topological polar surface area (TPSA) is 65.5 Å². The van der Waals surface area contributed by atoms with Gasteiger partial charge < -0.3 is 9.15 Å². The Morgan fingerprint density at radius 3 is 2.55 bits per heavy atom. The van der Waals surface area contributed by atoms with E-state index in [1.807, 2.05) is 30.3 Å². The second-order valence-corrected chi connectivity index (χ2v) is 4.69. The van der Waals surface area contributed by atoms with Crippen molar-refractivity contribution in [2.24, 2.45) is 0 Å². The van der Waals surface area contributed by atoms with Crippen molar-refractivity contribution in [3.05, 3.63) is 82.6 Å². The molecule has 0 aliphatic heterocycles. The van der Waals surface area contributed by atoms with E-state index >= 15 is 0 Å². The van der Waals surface area contributed by atoms with Gasteiger partial charge in [-0.15, -0.1) is 0 Å². The first-order valence-electron chi connectivity index (χ1n) is 6.73. The average Bonchev–Trinajstić information content (AvgIpc) is 3.08. The molecule has 110 valence electrons. The summed E-state index contributed by atoms with van der Waals surface area (Å²) < 4.78 is 10.9. The summed E-state index contributed by atoms with van der Waals surface area (Å²) in [5.41, 5.74) is 1.39. The van der Waals surface area contributed by atoms with Gasteiger partial charge in [0.15, 0.2) is 0 Å². The van der Waals surface area contributed by atoms with Crippen LogP contribution >= 0.6 is 0 Å². The summed E-state index contributed by atoms with van der Waals surface area (Å²) in [6.45, 7) is 0.359. The van der Waals surface area contributed by atoms with E-state index in [0.29, 0.717) is 23.7 Å². The van der Waals surface area contributed by atoms with Gasteiger partial charge in [0.2, 0.25) is 0 Å². The summed E-state index contributed by atoms with van der Waals surface area (Å²) in [5, 5.41) is 11.3. The number of nitro benzene ring substituents is 1. The molecule has 0 N–H and O–H groups in total. The second kappa shape index (κ2) is 6.13. The highest BCUT2D eigenvalue weighted by Gasteiger charge is 2.18. The van der Waals surface area contributed by atoms with Gasteiger partial charge in [0.25, 0.3) is 5.69 Å². The fraction of sp³-hybridized carbons (Fsp3) is 0.0588. The molecule has 0 aliphatic rings. The minimum absolute atomic E-state index is 0.0412. The number of hydrogen-bond donors (Lipinski definition) is 0. The fourth-order valence-corrected chi connectivity index (χ4v) is 2.13. The Morgan fingerprint density at radius 1 is 1.05 bits per heavy atom. The number of nitrogens with zero attached hydrogens (tertiary/aromatic N) is 1. The van der Waals surface area contributed by atoms with Crippen LogP contribution in [0, 0.1) is 10.1 Å². The van der Waals surface area contributed by atoms with E-state index in [4.69, 9.17) is 9.15 Å². The van der Waals surface area contributed by atoms with E-state index in [9.17, 15) is 10.1 Å². The van der Waals surface area contributed by atoms with Gasteiger partial charge in [0, 0.05) is 0 Å².